The predicted molar refractivity (Wildman–Crippen MR) is 182 cm³/mol. The van der Waals surface area contributed by atoms with Gasteiger partial charge in [0.25, 0.3) is 5.91 Å². The SMILES string of the molecule is Cc1ccc(Oc2ccc(N3C(=O)Nc4c(C(=O)Nc5ccc(CN6CCOCC6)cc5)sc5ncnc3c45)cc2CI)cn1. The average molecular weight is 734 g/mol. The molecule has 7 rings (SSSR count). The van der Waals surface area contributed by atoms with E-state index in [4.69, 9.17) is 9.47 Å². The van der Waals surface area contributed by atoms with Gasteiger partial charge in [0.1, 0.15) is 27.5 Å². The number of hydrogen-bond donors (Lipinski definition) is 2. The lowest BCUT2D eigenvalue weighted by Crippen LogP contribution is -2.35. The van der Waals surface area contributed by atoms with Crippen molar-refractivity contribution in [1.82, 2.24) is 19.9 Å². The molecule has 0 unspecified atom stereocenters. The molecule has 228 valence electrons. The van der Waals surface area contributed by atoms with Crippen LogP contribution in [0.15, 0.2) is 67.1 Å². The Morgan fingerprint density at radius 2 is 1.91 bits per heavy atom. The molecule has 3 amide bonds. The number of carbonyl (C=O) groups excluding carboxylic acids is 2. The first kappa shape index (κ1) is 29.5. The van der Waals surface area contributed by atoms with Crippen LogP contribution in [0.2, 0.25) is 0 Å². The number of rotatable bonds is 8. The third-order valence-electron chi connectivity index (χ3n) is 7.60. The number of halogens is 1. The van der Waals surface area contributed by atoms with Crippen LogP contribution in [0.25, 0.3) is 10.2 Å². The van der Waals surface area contributed by atoms with Crippen LogP contribution in [0.1, 0.15) is 26.5 Å². The van der Waals surface area contributed by atoms with E-state index in [-0.39, 0.29) is 5.91 Å². The van der Waals surface area contributed by atoms with Crippen LogP contribution in [0.5, 0.6) is 11.5 Å². The second-order valence-corrected chi connectivity index (χ2v) is 12.4. The summed E-state index contributed by atoms with van der Waals surface area (Å²) in [6, 6.07) is 16.7. The first-order valence-electron chi connectivity index (χ1n) is 14.4. The maximum Gasteiger partial charge on any atom is 0.332 e. The maximum absolute atomic E-state index is 13.6. The largest absolute Gasteiger partial charge is 0.455 e. The van der Waals surface area contributed by atoms with E-state index in [1.54, 1.807) is 6.20 Å². The quantitative estimate of drug-likeness (QED) is 0.131. The summed E-state index contributed by atoms with van der Waals surface area (Å²) in [6.45, 7) is 6.07. The third-order valence-corrected chi connectivity index (χ3v) is 9.52. The number of alkyl halides is 1. The second-order valence-electron chi connectivity index (χ2n) is 10.7. The number of thiophene rings is 1. The molecule has 2 N–H and O–H groups in total. The lowest BCUT2D eigenvalue weighted by molar-refractivity contribution is 0.0342. The molecule has 0 radical (unpaired) electrons. The van der Waals surface area contributed by atoms with Crippen molar-refractivity contribution >= 4 is 79.0 Å². The fraction of sp³-hybridized carbons (Fsp3) is 0.219. The number of nitrogens with one attached hydrogen (secondary N) is 2. The van der Waals surface area contributed by atoms with Gasteiger partial charge in [-0.25, -0.2) is 19.7 Å². The zero-order valence-corrected chi connectivity index (χ0v) is 27.2. The van der Waals surface area contributed by atoms with Gasteiger partial charge in [0.2, 0.25) is 0 Å². The van der Waals surface area contributed by atoms with Crippen LogP contribution in [-0.2, 0) is 15.7 Å². The molecule has 0 saturated carbocycles. The smallest absolute Gasteiger partial charge is 0.332 e. The fourth-order valence-corrected chi connectivity index (χ4v) is 6.90. The number of carbonyl (C=O) groups is 2. The average Bonchev–Trinajstić information content (AvgIpc) is 3.43. The monoisotopic (exact) mass is 733 g/mol. The van der Waals surface area contributed by atoms with Gasteiger partial charge in [0.05, 0.1) is 36.2 Å². The van der Waals surface area contributed by atoms with Gasteiger partial charge in [-0.1, -0.05) is 34.7 Å². The van der Waals surface area contributed by atoms with E-state index in [0.717, 1.165) is 49.7 Å². The minimum Gasteiger partial charge on any atom is -0.455 e. The van der Waals surface area contributed by atoms with Crippen molar-refractivity contribution in [2.45, 2.75) is 17.9 Å². The van der Waals surface area contributed by atoms with Gasteiger partial charge in [-0.3, -0.25) is 14.7 Å². The van der Waals surface area contributed by atoms with Gasteiger partial charge in [-0.2, -0.15) is 0 Å². The summed E-state index contributed by atoms with van der Waals surface area (Å²) < 4.78 is 12.2. The summed E-state index contributed by atoms with van der Waals surface area (Å²) in [7, 11) is 0. The summed E-state index contributed by atoms with van der Waals surface area (Å²) in [5.41, 5.74) is 4.67. The molecule has 2 aliphatic heterocycles. The Morgan fingerprint density at radius 3 is 2.67 bits per heavy atom. The van der Waals surface area contributed by atoms with Crippen molar-refractivity contribution in [2.24, 2.45) is 0 Å². The van der Waals surface area contributed by atoms with Crippen molar-refractivity contribution in [3.63, 3.8) is 0 Å². The van der Waals surface area contributed by atoms with E-state index in [0.29, 0.717) is 53.9 Å². The molecule has 11 nitrogen and oxygen atoms in total. The van der Waals surface area contributed by atoms with Crippen LogP contribution in [0, 0.1) is 6.92 Å². The van der Waals surface area contributed by atoms with E-state index in [2.05, 4.69) is 53.1 Å². The van der Waals surface area contributed by atoms with Gasteiger partial charge in [0, 0.05) is 41.0 Å². The van der Waals surface area contributed by atoms with Crippen LogP contribution >= 0.6 is 33.9 Å². The molecule has 2 aromatic carbocycles. The number of hydrogen-bond acceptors (Lipinski definition) is 9. The molecule has 45 heavy (non-hydrogen) atoms. The number of morpholine rings is 1. The Hall–Kier alpha value is -4.18. The molecular weight excluding hydrogens is 705 g/mol. The number of amides is 3. The van der Waals surface area contributed by atoms with Crippen molar-refractivity contribution in [2.75, 3.05) is 41.8 Å². The van der Waals surface area contributed by atoms with Crippen LogP contribution in [0.3, 0.4) is 0 Å². The predicted octanol–water partition coefficient (Wildman–Crippen LogP) is 6.89. The van der Waals surface area contributed by atoms with E-state index in [1.165, 1.54) is 22.6 Å². The summed E-state index contributed by atoms with van der Waals surface area (Å²) in [4.78, 5) is 45.1. The Morgan fingerprint density at radius 1 is 1.09 bits per heavy atom. The Bertz CT molecular complexity index is 1890. The number of pyridine rings is 1. The minimum absolute atomic E-state index is 0.326. The summed E-state index contributed by atoms with van der Waals surface area (Å²) in [5.74, 6) is 1.39. The van der Waals surface area contributed by atoms with Crippen LogP contribution in [-0.4, -0.2) is 58.1 Å². The van der Waals surface area contributed by atoms with Crippen molar-refractivity contribution in [3.8, 4) is 11.5 Å². The number of aromatic nitrogens is 3. The first-order chi connectivity index (χ1) is 22.0. The molecule has 0 atom stereocenters. The topological polar surface area (TPSA) is 122 Å². The third kappa shape index (κ3) is 6.08. The Labute approximate surface area is 276 Å². The van der Waals surface area contributed by atoms with Gasteiger partial charge < -0.3 is 20.1 Å². The molecule has 1 saturated heterocycles. The number of anilines is 4. The molecular formula is C32H28IN7O4S. The van der Waals surface area contributed by atoms with E-state index in [9.17, 15) is 9.59 Å². The van der Waals surface area contributed by atoms with Gasteiger partial charge >= 0.3 is 6.03 Å². The number of benzene rings is 2. The number of aryl methyl sites for hydroxylation is 1. The molecule has 0 spiro atoms. The highest BCUT2D eigenvalue weighted by molar-refractivity contribution is 14.1. The zero-order valence-electron chi connectivity index (χ0n) is 24.2. The number of nitrogens with zero attached hydrogens (tertiary/aromatic N) is 5. The molecule has 5 heterocycles. The molecule has 5 aromatic rings. The summed E-state index contributed by atoms with van der Waals surface area (Å²) in [6.07, 6.45) is 3.10. The molecule has 2 aliphatic rings. The first-order valence-corrected chi connectivity index (χ1v) is 16.7. The second kappa shape index (κ2) is 12.7. The number of urea groups is 1. The van der Waals surface area contributed by atoms with Crippen molar-refractivity contribution in [1.29, 1.82) is 0 Å². The maximum atomic E-state index is 13.6. The molecule has 13 heteroatoms. The van der Waals surface area contributed by atoms with Crippen molar-refractivity contribution in [3.05, 3.63) is 88.8 Å². The lowest BCUT2D eigenvalue weighted by Gasteiger charge is -2.27. The van der Waals surface area contributed by atoms with E-state index >= 15 is 0 Å². The van der Waals surface area contributed by atoms with E-state index in [1.807, 2.05) is 61.5 Å². The fourth-order valence-electron chi connectivity index (χ4n) is 5.31. The standard InChI is InChI=1S/C32H28IN7O4S/c1-19-2-8-24(16-34-19)44-25-9-7-23(14-21(25)15-33)40-29-26-27(38-32(40)42)28(45-31(26)36-18-35-29)30(41)37-22-5-3-20(4-6-22)17-39-10-12-43-13-11-39/h2-9,14,16,18H,10-13,15,17H2,1H3,(H,37,41)(H,38,42). The highest BCUT2D eigenvalue weighted by Crippen LogP contribution is 2.45. The van der Waals surface area contributed by atoms with Gasteiger partial charge in [-0.05, 0) is 55.0 Å². The Kier molecular flexibility index (Phi) is 8.31. The molecule has 0 bridgehead atoms. The number of ether oxygens (including phenoxy) is 2. The van der Waals surface area contributed by atoms with Crippen molar-refractivity contribution < 1.29 is 19.1 Å². The van der Waals surface area contributed by atoms with Crippen LogP contribution in [0.4, 0.5) is 27.7 Å². The highest BCUT2D eigenvalue weighted by atomic mass is 127. The molecule has 1 fully saturated rings. The molecule has 0 aliphatic carbocycles. The Balaban J connectivity index is 1.14. The summed E-state index contributed by atoms with van der Waals surface area (Å²) >= 11 is 3.49. The lowest BCUT2D eigenvalue weighted by atomic mass is 10.1. The normalized spacial score (nSPS) is 14.8. The van der Waals surface area contributed by atoms with Crippen LogP contribution < -0.4 is 20.3 Å². The van der Waals surface area contributed by atoms with Gasteiger partial charge in [0.15, 0.2) is 5.82 Å². The van der Waals surface area contributed by atoms with E-state index < -0.39 is 6.03 Å². The zero-order chi connectivity index (χ0) is 30.9. The summed E-state index contributed by atoms with van der Waals surface area (Å²) in [5, 5.41) is 6.54. The van der Waals surface area contributed by atoms with Gasteiger partial charge in [-0.15, -0.1) is 11.3 Å². The highest BCUT2D eigenvalue weighted by Gasteiger charge is 2.34. The molecule has 3 aromatic heterocycles. The minimum atomic E-state index is -0.418.